The lowest BCUT2D eigenvalue weighted by Gasteiger charge is -2.16. The number of hydrogen-bond acceptors (Lipinski definition) is 3. The molecule has 4 nitrogen and oxygen atoms in total. The van der Waals surface area contributed by atoms with E-state index in [2.05, 4.69) is 117 Å². The van der Waals surface area contributed by atoms with E-state index < -0.39 is 0 Å². The first-order chi connectivity index (χ1) is 29.3. The standard InChI is InChI=1S/C55H41FN4/c1-34-25-35(2)28-42(27-34)40-19-23-51-47(31-40)48-32-41(43-29-36(3)26-37(4)30-43)20-24-52(48)60(51)44-21-22-45(46-17-11-12-18-50(46)56)49(33-44)55-58-53(38-13-7-5-8-14-38)57-54(59-55)39-15-9-6-10-16-39/h5-33H,1-4H3. The average Bonchev–Trinajstić information content (AvgIpc) is 3.59. The molecule has 8 aromatic carbocycles. The maximum Gasteiger partial charge on any atom is 0.164 e. The normalized spacial score (nSPS) is 11.4. The Morgan fingerprint density at radius 2 is 0.817 bits per heavy atom. The van der Waals surface area contributed by atoms with Gasteiger partial charge in [-0.05, 0) is 98.0 Å². The molecular weight excluding hydrogens is 736 g/mol. The molecule has 5 heteroatoms. The van der Waals surface area contributed by atoms with Crippen molar-refractivity contribution in [1.29, 1.82) is 0 Å². The Kier molecular flexibility index (Phi) is 9.22. The van der Waals surface area contributed by atoms with Crippen molar-refractivity contribution in [3.63, 3.8) is 0 Å². The molecule has 0 saturated carbocycles. The fourth-order valence-corrected chi connectivity index (χ4v) is 8.64. The highest BCUT2D eigenvalue weighted by Crippen LogP contribution is 2.41. The Balaban J connectivity index is 1.25. The van der Waals surface area contributed by atoms with Crippen molar-refractivity contribution >= 4 is 21.8 Å². The molecular formula is C55H41FN4. The van der Waals surface area contributed by atoms with Crippen molar-refractivity contribution in [1.82, 2.24) is 19.5 Å². The summed E-state index contributed by atoms with van der Waals surface area (Å²) in [5, 5.41) is 2.29. The van der Waals surface area contributed by atoms with E-state index in [4.69, 9.17) is 15.0 Å². The molecule has 0 atom stereocenters. The van der Waals surface area contributed by atoms with Gasteiger partial charge in [0.25, 0.3) is 0 Å². The third-order valence-electron chi connectivity index (χ3n) is 11.2. The molecule has 0 aliphatic heterocycles. The third kappa shape index (κ3) is 6.84. The molecule has 0 fully saturated rings. The number of aryl methyl sites for hydroxylation is 4. The van der Waals surface area contributed by atoms with Gasteiger partial charge in [-0.15, -0.1) is 0 Å². The quantitative estimate of drug-likeness (QED) is 0.162. The topological polar surface area (TPSA) is 43.6 Å². The van der Waals surface area contributed by atoms with Crippen molar-refractivity contribution < 1.29 is 4.39 Å². The van der Waals surface area contributed by atoms with E-state index in [-0.39, 0.29) is 5.82 Å². The molecule has 2 aromatic heterocycles. The second kappa shape index (κ2) is 15.0. The van der Waals surface area contributed by atoms with E-state index in [0.717, 1.165) is 49.7 Å². The van der Waals surface area contributed by atoms with Crippen LogP contribution < -0.4 is 0 Å². The number of nitrogens with zero attached hydrogens (tertiary/aromatic N) is 4. The first kappa shape index (κ1) is 36.8. The van der Waals surface area contributed by atoms with Crippen molar-refractivity contribution in [2.24, 2.45) is 0 Å². The van der Waals surface area contributed by atoms with Crippen LogP contribution in [0.4, 0.5) is 4.39 Å². The molecule has 0 N–H and O–H groups in total. The largest absolute Gasteiger partial charge is 0.309 e. The zero-order chi connectivity index (χ0) is 40.9. The summed E-state index contributed by atoms with van der Waals surface area (Å²) in [6.07, 6.45) is 0. The number of aromatic nitrogens is 4. The summed E-state index contributed by atoms with van der Waals surface area (Å²) in [5.74, 6) is 1.22. The minimum absolute atomic E-state index is 0.318. The van der Waals surface area contributed by atoms with Crippen LogP contribution in [0.15, 0.2) is 176 Å². The van der Waals surface area contributed by atoms with E-state index in [1.165, 1.54) is 39.4 Å². The zero-order valence-corrected chi connectivity index (χ0v) is 33.9. The minimum Gasteiger partial charge on any atom is -0.309 e. The van der Waals surface area contributed by atoms with E-state index >= 15 is 4.39 Å². The molecule has 10 rings (SSSR count). The number of hydrogen-bond donors (Lipinski definition) is 0. The van der Waals surface area contributed by atoms with Gasteiger partial charge in [0, 0.05) is 38.7 Å². The van der Waals surface area contributed by atoms with Crippen LogP contribution in [0, 0.1) is 33.5 Å². The number of halogens is 1. The van der Waals surface area contributed by atoms with E-state index in [1.54, 1.807) is 6.07 Å². The fraction of sp³-hybridized carbons (Fsp3) is 0.0727. The van der Waals surface area contributed by atoms with Gasteiger partial charge in [0.05, 0.1) is 11.0 Å². The molecule has 2 heterocycles. The smallest absolute Gasteiger partial charge is 0.164 e. The maximum atomic E-state index is 15.8. The molecule has 0 spiro atoms. The summed E-state index contributed by atoms with van der Waals surface area (Å²) in [6, 6.07) is 59.9. The van der Waals surface area contributed by atoms with Crippen LogP contribution in [0.2, 0.25) is 0 Å². The predicted octanol–water partition coefficient (Wildman–Crippen LogP) is 14.3. The van der Waals surface area contributed by atoms with Crippen LogP contribution in [-0.4, -0.2) is 19.5 Å². The Morgan fingerprint density at radius 1 is 0.350 bits per heavy atom. The summed E-state index contributed by atoms with van der Waals surface area (Å²) in [6.45, 7) is 8.60. The van der Waals surface area contributed by atoms with Crippen LogP contribution >= 0.6 is 0 Å². The summed E-state index contributed by atoms with van der Waals surface area (Å²) in [4.78, 5) is 15.2. The Hall–Kier alpha value is -7.50. The highest BCUT2D eigenvalue weighted by atomic mass is 19.1. The van der Waals surface area contributed by atoms with Gasteiger partial charge in [-0.2, -0.15) is 0 Å². The number of fused-ring (bicyclic) bond motifs is 3. The summed E-state index contributed by atoms with van der Waals surface area (Å²) in [5.41, 5.74) is 16.3. The molecule has 0 radical (unpaired) electrons. The second-order valence-corrected chi connectivity index (χ2v) is 15.8. The van der Waals surface area contributed by atoms with Gasteiger partial charge in [0.1, 0.15) is 5.82 Å². The van der Waals surface area contributed by atoms with Crippen molar-refractivity contribution in [2.75, 3.05) is 0 Å². The monoisotopic (exact) mass is 776 g/mol. The lowest BCUT2D eigenvalue weighted by molar-refractivity contribution is 0.631. The van der Waals surface area contributed by atoms with Gasteiger partial charge in [0.15, 0.2) is 17.5 Å². The number of benzene rings is 8. The Labute approximate surface area is 349 Å². The van der Waals surface area contributed by atoms with Crippen LogP contribution in [0.1, 0.15) is 22.3 Å². The molecule has 0 bridgehead atoms. The molecule has 288 valence electrons. The first-order valence-corrected chi connectivity index (χ1v) is 20.3. The van der Waals surface area contributed by atoms with Gasteiger partial charge in [-0.25, -0.2) is 19.3 Å². The van der Waals surface area contributed by atoms with Crippen molar-refractivity contribution in [2.45, 2.75) is 27.7 Å². The van der Waals surface area contributed by atoms with Crippen molar-refractivity contribution in [3.05, 3.63) is 204 Å². The Bertz CT molecular complexity index is 3050. The minimum atomic E-state index is -0.318. The van der Waals surface area contributed by atoms with Crippen LogP contribution in [0.5, 0.6) is 0 Å². The van der Waals surface area contributed by atoms with E-state index in [0.29, 0.717) is 34.2 Å². The van der Waals surface area contributed by atoms with Crippen LogP contribution in [-0.2, 0) is 0 Å². The van der Waals surface area contributed by atoms with E-state index in [1.807, 2.05) is 78.9 Å². The third-order valence-corrected chi connectivity index (χ3v) is 11.2. The average molecular weight is 777 g/mol. The van der Waals surface area contributed by atoms with Crippen molar-refractivity contribution in [3.8, 4) is 73.2 Å². The van der Waals surface area contributed by atoms with Crippen LogP contribution in [0.25, 0.3) is 95.0 Å². The lowest BCUT2D eigenvalue weighted by Crippen LogP contribution is -2.03. The fourth-order valence-electron chi connectivity index (χ4n) is 8.64. The highest BCUT2D eigenvalue weighted by molar-refractivity contribution is 6.12. The summed E-state index contributed by atoms with van der Waals surface area (Å²) < 4.78 is 18.2. The van der Waals surface area contributed by atoms with Gasteiger partial charge in [0.2, 0.25) is 0 Å². The molecule has 0 saturated heterocycles. The molecule has 0 aliphatic rings. The predicted molar refractivity (Wildman–Crippen MR) is 246 cm³/mol. The maximum absolute atomic E-state index is 15.8. The molecule has 0 aliphatic carbocycles. The van der Waals surface area contributed by atoms with Gasteiger partial charge < -0.3 is 4.57 Å². The molecule has 60 heavy (non-hydrogen) atoms. The van der Waals surface area contributed by atoms with Gasteiger partial charge in [-0.3, -0.25) is 0 Å². The first-order valence-electron chi connectivity index (χ1n) is 20.3. The SMILES string of the molecule is Cc1cc(C)cc(-c2ccc3c(c2)c2cc(-c4cc(C)cc(C)c4)ccc2n3-c2ccc(-c3ccccc3F)c(-c3nc(-c4ccccc4)nc(-c4ccccc4)n3)c2)c1. The lowest BCUT2D eigenvalue weighted by atomic mass is 9.97. The van der Waals surface area contributed by atoms with E-state index in [9.17, 15) is 0 Å². The highest BCUT2D eigenvalue weighted by Gasteiger charge is 2.21. The zero-order valence-electron chi connectivity index (χ0n) is 33.9. The second-order valence-electron chi connectivity index (χ2n) is 15.8. The summed E-state index contributed by atoms with van der Waals surface area (Å²) >= 11 is 0. The Morgan fingerprint density at radius 3 is 1.32 bits per heavy atom. The van der Waals surface area contributed by atoms with Gasteiger partial charge in [-0.1, -0.05) is 156 Å². The molecule has 0 amide bonds. The number of rotatable bonds is 7. The molecule has 10 aromatic rings. The van der Waals surface area contributed by atoms with Gasteiger partial charge >= 0.3 is 0 Å². The molecule has 0 unspecified atom stereocenters. The summed E-state index contributed by atoms with van der Waals surface area (Å²) in [7, 11) is 0. The van der Waals surface area contributed by atoms with Crippen LogP contribution in [0.3, 0.4) is 0 Å².